The van der Waals surface area contributed by atoms with Gasteiger partial charge in [0.15, 0.2) is 6.61 Å². The first-order valence-corrected chi connectivity index (χ1v) is 8.57. The van der Waals surface area contributed by atoms with Crippen molar-refractivity contribution in [2.45, 2.75) is 13.5 Å². The number of rotatable bonds is 7. The Balaban J connectivity index is 2.02. The molecule has 1 aromatic carbocycles. The van der Waals surface area contributed by atoms with Crippen LogP contribution < -0.4 is 10.2 Å². The number of carbonyl (C=O) groups is 1. The molecule has 0 saturated heterocycles. The van der Waals surface area contributed by atoms with Gasteiger partial charge in [-0.05, 0) is 52.7 Å². The number of aromatic hydroxyl groups is 1. The van der Waals surface area contributed by atoms with Gasteiger partial charge in [0.2, 0.25) is 5.88 Å². The minimum atomic E-state index is -0.510. The smallest absolute Gasteiger partial charge is 0.278 e. The Kier molecular flexibility index (Phi) is 7.28. The number of aromatic nitrogens is 1. The topological polar surface area (TPSA) is 117 Å². The molecular formula is C18H17BrN4O4. The van der Waals surface area contributed by atoms with Crippen molar-refractivity contribution in [3.05, 3.63) is 51.1 Å². The minimum Gasteiger partial charge on any atom is -0.508 e. The average molecular weight is 433 g/mol. The van der Waals surface area contributed by atoms with Crippen molar-refractivity contribution < 1.29 is 19.4 Å². The van der Waals surface area contributed by atoms with Crippen molar-refractivity contribution >= 4 is 28.1 Å². The lowest BCUT2D eigenvalue weighted by Crippen LogP contribution is -2.25. The monoisotopic (exact) mass is 432 g/mol. The SMILES string of the molecule is COCc1c(Br)c(C)nc(OCC(=O)NN=Cc2ccc(O)cc2)c1C#N. The highest BCUT2D eigenvalue weighted by Gasteiger charge is 2.18. The van der Waals surface area contributed by atoms with E-state index in [1.54, 1.807) is 19.1 Å². The lowest BCUT2D eigenvalue weighted by Gasteiger charge is -2.13. The van der Waals surface area contributed by atoms with Gasteiger partial charge in [-0.1, -0.05) is 0 Å². The molecule has 0 saturated carbocycles. The molecule has 27 heavy (non-hydrogen) atoms. The van der Waals surface area contributed by atoms with E-state index in [2.05, 4.69) is 31.4 Å². The lowest BCUT2D eigenvalue weighted by molar-refractivity contribution is -0.123. The largest absolute Gasteiger partial charge is 0.508 e. The van der Waals surface area contributed by atoms with Crippen LogP contribution in [0.2, 0.25) is 0 Å². The fourth-order valence-electron chi connectivity index (χ4n) is 2.12. The van der Waals surface area contributed by atoms with Crippen LogP contribution in [-0.2, 0) is 16.1 Å². The summed E-state index contributed by atoms with van der Waals surface area (Å²) in [5.74, 6) is -0.310. The third-order valence-electron chi connectivity index (χ3n) is 3.40. The maximum absolute atomic E-state index is 11.9. The fourth-order valence-corrected chi connectivity index (χ4v) is 2.52. The van der Waals surface area contributed by atoms with E-state index in [0.717, 1.165) is 0 Å². The Bertz CT molecular complexity index is 892. The zero-order chi connectivity index (χ0) is 19.8. The normalized spacial score (nSPS) is 10.6. The van der Waals surface area contributed by atoms with Crippen molar-refractivity contribution in [3.8, 4) is 17.7 Å². The number of benzene rings is 1. The van der Waals surface area contributed by atoms with Gasteiger partial charge in [-0.15, -0.1) is 0 Å². The van der Waals surface area contributed by atoms with E-state index in [1.165, 1.54) is 25.5 Å². The number of amides is 1. The molecule has 0 radical (unpaired) electrons. The Morgan fingerprint density at radius 1 is 1.44 bits per heavy atom. The number of aryl methyl sites for hydroxylation is 1. The summed E-state index contributed by atoms with van der Waals surface area (Å²) in [4.78, 5) is 16.1. The molecule has 0 aliphatic carbocycles. The van der Waals surface area contributed by atoms with Crippen LogP contribution in [0.4, 0.5) is 0 Å². The lowest BCUT2D eigenvalue weighted by atomic mass is 10.1. The number of nitrogens with one attached hydrogen (secondary N) is 1. The standard InChI is InChI=1S/C18H17BrN4O4/c1-11-17(19)15(9-26-2)14(7-20)18(22-11)27-10-16(25)23-21-8-12-3-5-13(24)6-4-12/h3-6,8,24H,9-10H2,1-2H3,(H,23,25). The number of halogens is 1. The quantitative estimate of drug-likeness (QED) is 0.512. The molecule has 2 aromatic rings. The Labute approximate surface area is 164 Å². The highest BCUT2D eigenvalue weighted by Crippen LogP contribution is 2.29. The summed E-state index contributed by atoms with van der Waals surface area (Å²) < 4.78 is 11.2. The van der Waals surface area contributed by atoms with E-state index in [4.69, 9.17) is 9.47 Å². The number of hydrazone groups is 1. The van der Waals surface area contributed by atoms with E-state index in [9.17, 15) is 15.2 Å². The molecule has 0 aliphatic heterocycles. The second-order valence-corrected chi connectivity index (χ2v) is 6.18. The molecule has 1 amide bonds. The van der Waals surface area contributed by atoms with Gasteiger partial charge in [0, 0.05) is 17.1 Å². The molecule has 0 spiro atoms. The molecule has 140 valence electrons. The molecule has 0 unspecified atom stereocenters. The second-order valence-electron chi connectivity index (χ2n) is 5.39. The predicted molar refractivity (Wildman–Crippen MR) is 101 cm³/mol. The van der Waals surface area contributed by atoms with Crippen molar-refractivity contribution in [1.82, 2.24) is 10.4 Å². The second kappa shape index (κ2) is 9.66. The van der Waals surface area contributed by atoms with Crippen LogP contribution in [0.5, 0.6) is 11.6 Å². The van der Waals surface area contributed by atoms with Gasteiger partial charge in [-0.2, -0.15) is 10.4 Å². The minimum absolute atomic E-state index is 0.0583. The number of methoxy groups -OCH3 is 1. The summed E-state index contributed by atoms with van der Waals surface area (Å²) >= 11 is 3.38. The fraction of sp³-hybridized carbons (Fsp3) is 0.222. The molecule has 0 fully saturated rings. The highest BCUT2D eigenvalue weighted by atomic mass is 79.9. The summed E-state index contributed by atoms with van der Waals surface area (Å²) in [6, 6.07) is 8.34. The molecule has 8 nitrogen and oxygen atoms in total. The summed E-state index contributed by atoms with van der Waals surface area (Å²) in [6.07, 6.45) is 1.43. The van der Waals surface area contributed by atoms with Crippen molar-refractivity contribution in [2.24, 2.45) is 5.10 Å². The van der Waals surface area contributed by atoms with Crippen LogP contribution >= 0.6 is 15.9 Å². The van der Waals surface area contributed by atoms with Gasteiger partial charge < -0.3 is 14.6 Å². The zero-order valence-electron chi connectivity index (χ0n) is 14.7. The van der Waals surface area contributed by atoms with Crippen molar-refractivity contribution in [2.75, 3.05) is 13.7 Å². The van der Waals surface area contributed by atoms with Gasteiger partial charge in [0.1, 0.15) is 17.4 Å². The number of hydrogen-bond acceptors (Lipinski definition) is 7. The number of phenols is 1. The summed E-state index contributed by atoms with van der Waals surface area (Å²) in [5.41, 5.74) is 4.44. The Hall–Kier alpha value is -2.96. The summed E-state index contributed by atoms with van der Waals surface area (Å²) in [6.45, 7) is 1.59. The average Bonchev–Trinajstić information content (AvgIpc) is 2.65. The van der Waals surface area contributed by atoms with Crippen molar-refractivity contribution in [3.63, 3.8) is 0 Å². The van der Waals surface area contributed by atoms with Gasteiger partial charge in [0.25, 0.3) is 5.91 Å². The molecule has 0 bridgehead atoms. The van der Waals surface area contributed by atoms with E-state index in [1.807, 2.05) is 6.07 Å². The number of carbonyl (C=O) groups excluding carboxylic acids is 1. The molecule has 2 rings (SSSR count). The molecular weight excluding hydrogens is 416 g/mol. The predicted octanol–water partition coefficient (Wildman–Crippen LogP) is 2.41. The number of hydrogen-bond donors (Lipinski definition) is 2. The number of ether oxygens (including phenoxy) is 2. The van der Waals surface area contributed by atoms with Gasteiger partial charge >= 0.3 is 0 Å². The number of phenolic OH excluding ortho intramolecular Hbond substituents is 1. The van der Waals surface area contributed by atoms with Crippen molar-refractivity contribution in [1.29, 1.82) is 5.26 Å². The maximum Gasteiger partial charge on any atom is 0.278 e. The van der Waals surface area contributed by atoms with E-state index in [0.29, 0.717) is 21.3 Å². The summed E-state index contributed by atoms with van der Waals surface area (Å²) in [5, 5.41) is 22.4. The van der Waals surface area contributed by atoms with Crippen LogP contribution in [0.15, 0.2) is 33.8 Å². The number of nitrogens with zero attached hydrogens (tertiary/aromatic N) is 3. The highest BCUT2D eigenvalue weighted by molar-refractivity contribution is 9.10. The summed E-state index contributed by atoms with van der Waals surface area (Å²) in [7, 11) is 1.52. The van der Waals surface area contributed by atoms with E-state index in [-0.39, 0.29) is 30.4 Å². The molecule has 1 heterocycles. The molecule has 0 aliphatic rings. The van der Waals surface area contributed by atoms with Crippen LogP contribution in [0.25, 0.3) is 0 Å². The van der Waals surface area contributed by atoms with Crippen LogP contribution in [0, 0.1) is 18.3 Å². The molecule has 2 N–H and O–H groups in total. The van der Waals surface area contributed by atoms with Crippen LogP contribution in [0.1, 0.15) is 22.4 Å². The van der Waals surface area contributed by atoms with Gasteiger partial charge in [-0.25, -0.2) is 10.4 Å². The molecule has 9 heteroatoms. The first-order valence-electron chi connectivity index (χ1n) is 7.78. The third kappa shape index (κ3) is 5.51. The number of nitriles is 1. The van der Waals surface area contributed by atoms with Crippen LogP contribution in [-0.4, -0.2) is 35.9 Å². The molecule has 1 aromatic heterocycles. The third-order valence-corrected chi connectivity index (χ3v) is 4.46. The first kappa shape index (κ1) is 20.4. The zero-order valence-corrected chi connectivity index (χ0v) is 16.3. The van der Waals surface area contributed by atoms with E-state index >= 15 is 0 Å². The molecule has 0 atom stereocenters. The first-order chi connectivity index (χ1) is 13.0. The van der Waals surface area contributed by atoms with Gasteiger partial charge in [-0.3, -0.25) is 4.79 Å². The van der Waals surface area contributed by atoms with Gasteiger partial charge in [0.05, 0.1) is 18.5 Å². The van der Waals surface area contributed by atoms with E-state index < -0.39 is 5.91 Å². The van der Waals surface area contributed by atoms with Crippen LogP contribution in [0.3, 0.4) is 0 Å². The maximum atomic E-state index is 11.9. The Morgan fingerprint density at radius 2 is 2.15 bits per heavy atom. The Morgan fingerprint density at radius 3 is 2.78 bits per heavy atom. The number of pyridine rings is 1.